The monoisotopic (exact) mass is 209 g/mol. The van der Waals surface area contributed by atoms with Gasteiger partial charge in [0.2, 0.25) is 0 Å². The van der Waals surface area contributed by atoms with Crippen molar-refractivity contribution < 1.29 is 9.13 Å². The number of halogens is 1. The van der Waals surface area contributed by atoms with Gasteiger partial charge in [0.15, 0.2) is 0 Å². The maximum Gasteiger partial charge on any atom is 0.126 e. The average Bonchev–Trinajstić information content (AvgIpc) is 2.70. The first-order chi connectivity index (χ1) is 7.20. The van der Waals surface area contributed by atoms with E-state index in [4.69, 9.17) is 10.5 Å². The number of ether oxygens (including phenoxy) is 1. The van der Waals surface area contributed by atoms with Gasteiger partial charge in [-0.15, -0.1) is 0 Å². The molecule has 1 aliphatic rings. The van der Waals surface area contributed by atoms with E-state index in [1.807, 2.05) is 6.07 Å². The van der Waals surface area contributed by atoms with Gasteiger partial charge in [-0.25, -0.2) is 4.39 Å². The van der Waals surface area contributed by atoms with Gasteiger partial charge in [0.05, 0.1) is 12.2 Å². The third-order valence-electron chi connectivity index (χ3n) is 2.94. The van der Waals surface area contributed by atoms with Crippen molar-refractivity contribution in [2.45, 2.75) is 32.0 Å². The normalized spacial score (nSPS) is 25.8. The summed E-state index contributed by atoms with van der Waals surface area (Å²) >= 11 is 0. The van der Waals surface area contributed by atoms with Gasteiger partial charge in [-0.1, -0.05) is 12.1 Å². The van der Waals surface area contributed by atoms with E-state index in [-0.39, 0.29) is 18.0 Å². The molecular formula is C12H16FNO. The number of hydrogen-bond donors (Lipinski definition) is 1. The first-order valence-electron chi connectivity index (χ1n) is 5.32. The summed E-state index contributed by atoms with van der Waals surface area (Å²) in [6, 6.07) is 5.30. The summed E-state index contributed by atoms with van der Waals surface area (Å²) in [5, 5.41) is 0. The number of benzene rings is 1. The number of aryl methyl sites for hydroxylation is 1. The molecule has 1 aromatic carbocycles. The molecule has 15 heavy (non-hydrogen) atoms. The summed E-state index contributed by atoms with van der Waals surface area (Å²) in [7, 11) is 0. The lowest BCUT2D eigenvalue weighted by molar-refractivity contribution is 0.0497. The van der Waals surface area contributed by atoms with Crippen molar-refractivity contribution in [3.63, 3.8) is 0 Å². The molecule has 1 heterocycles. The number of rotatable bonds is 2. The smallest absolute Gasteiger partial charge is 0.126 e. The van der Waals surface area contributed by atoms with Gasteiger partial charge in [-0.2, -0.15) is 0 Å². The van der Waals surface area contributed by atoms with Gasteiger partial charge in [-0.3, -0.25) is 0 Å². The number of nitrogens with two attached hydrogens (primary N) is 1. The van der Waals surface area contributed by atoms with Gasteiger partial charge >= 0.3 is 0 Å². The van der Waals surface area contributed by atoms with Gasteiger partial charge in [0.1, 0.15) is 5.82 Å². The molecule has 0 saturated carbocycles. The first-order valence-corrected chi connectivity index (χ1v) is 5.32. The highest BCUT2D eigenvalue weighted by atomic mass is 19.1. The Morgan fingerprint density at radius 1 is 1.47 bits per heavy atom. The van der Waals surface area contributed by atoms with Crippen molar-refractivity contribution in [2.24, 2.45) is 5.73 Å². The van der Waals surface area contributed by atoms with Crippen molar-refractivity contribution in [1.29, 1.82) is 0 Å². The van der Waals surface area contributed by atoms with Crippen LogP contribution in [0.3, 0.4) is 0 Å². The van der Waals surface area contributed by atoms with E-state index in [1.165, 1.54) is 0 Å². The molecule has 0 amide bonds. The van der Waals surface area contributed by atoms with Crippen LogP contribution >= 0.6 is 0 Å². The molecule has 0 bridgehead atoms. The summed E-state index contributed by atoms with van der Waals surface area (Å²) in [6.07, 6.45) is 2.06. The zero-order valence-electron chi connectivity index (χ0n) is 8.87. The molecule has 2 rings (SSSR count). The molecule has 0 spiro atoms. The van der Waals surface area contributed by atoms with Crippen LogP contribution in [0.25, 0.3) is 0 Å². The predicted molar refractivity (Wildman–Crippen MR) is 57.0 cm³/mol. The molecule has 0 radical (unpaired) electrons. The Bertz CT molecular complexity index is 353. The van der Waals surface area contributed by atoms with Crippen molar-refractivity contribution in [2.75, 3.05) is 6.54 Å². The van der Waals surface area contributed by atoms with Crippen molar-refractivity contribution in [1.82, 2.24) is 0 Å². The molecule has 3 heteroatoms. The molecule has 1 saturated heterocycles. The topological polar surface area (TPSA) is 35.2 Å². The van der Waals surface area contributed by atoms with E-state index in [9.17, 15) is 4.39 Å². The molecule has 2 atom stereocenters. The highest BCUT2D eigenvalue weighted by Gasteiger charge is 2.25. The molecule has 1 aromatic rings. The van der Waals surface area contributed by atoms with E-state index < -0.39 is 0 Å². The lowest BCUT2D eigenvalue weighted by Gasteiger charge is -2.13. The van der Waals surface area contributed by atoms with E-state index in [0.29, 0.717) is 12.1 Å². The van der Waals surface area contributed by atoms with Crippen LogP contribution in [-0.4, -0.2) is 12.6 Å². The predicted octanol–water partition coefficient (Wildman–Crippen LogP) is 2.31. The van der Waals surface area contributed by atoms with Crippen LogP contribution in [0.15, 0.2) is 18.2 Å². The third kappa shape index (κ3) is 2.19. The second-order valence-electron chi connectivity index (χ2n) is 4.07. The maximum absolute atomic E-state index is 13.3. The van der Waals surface area contributed by atoms with Crippen molar-refractivity contribution >= 4 is 0 Å². The molecule has 1 fully saturated rings. The molecule has 1 unspecified atom stereocenters. The average molecular weight is 209 g/mol. The maximum atomic E-state index is 13.3. The van der Waals surface area contributed by atoms with Crippen LogP contribution in [0.5, 0.6) is 0 Å². The quantitative estimate of drug-likeness (QED) is 0.811. The van der Waals surface area contributed by atoms with Gasteiger partial charge in [-0.05, 0) is 37.0 Å². The SMILES string of the molecule is Cc1ccc(C2CC[C@H](CN)O2)cc1F. The zero-order chi connectivity index (χ0) is 10.8. The summed E-state index contributed by atoms with van der Waals surface area (Å²) in [4.78, 5) is 0. The Hall–Kier alpha value is -0.930. The summed E-state index contributed by atoms with van der Waals surface area (Å²) in [5.41, 5.74) is 7.13. The highest BCUT2D eigenvalue weighted by Crippen LogP contribution is 2.32. The molecule has 82 valence electrons. The summed E-state index contributed by atoms with van der Waals surface area (Å²) in [5.74, 6) is -0.160. The molecule has 0 aliphatic carbocycles. The van der Waals surface area contributed by atoms with E-state index in [1.54, 1.807) is 19.1 Å². The number of hydrogen-bond acceptors (Lipinski definition) is 2. The molecule has 0 aromatic heterocycles. The van der Waals surface area contributed by atoms with E-state index in [0.717, 1.165) is 18.4 Å². The second-order valence-corrected chi connectivity index (χ2v) is 4.07. The Morgan fingerprint density at radius 3 is 2.87 bits per heavy atom. The van der Waals surface area contributed by atoms with Crippen molar-refractivity contribution in [3.8, 4) is 0 Å². The second kappa shape index (κ2) is 4.29. The summed E-state index contributed by atoms with van der Waals surface area (Å²) < 4.78 is 19.0. The minimum atomic E-state index is -0.160. The third-order valence-corrected chi connectivity index (χ3v) is 2.94. The lowest BCUT2D eigenvalue weighted by Crippen LogP contribution is -2.18. The summed E-state index contributed by atoms with van der Waals surface area (Å²) in [6.45, 7) is 2.31. The van der Waals surface area contributed by atoms with Crippen LogP contribution in [0.4, 0.5) is 4.39 Å². The fourth-order valence-electron chi connectivity index (χ4n) is 1.93. The Kier molecular flexibility index (Phi) is 3.03. The fourth-order valence-corrected chi connectivity index (χ4v) is 1.93. The van der Waals surface area contributed by atoms with Gasteiger partial charge < -0.3 is 10.5 Å². The van der Waals surface area contributed by atoms with Crippen LogP contribution in [0.1, 0.15) is 30.1 Å². The minimum Gasteiger partial charge on any atom is -0.369 e. The zero-order valence-corrected chi connectivity index (χ0v) is 8.87. The molecule has 1 aliphatic heterocycles. The van der Waals surface area contributed by atoms with E-state index in [2.05, 4.69) is 0 Å². The minimum absolute atomic E-state index is 0.0219. The lowest BCUT2D eigenvalue weighted by atomic mass is 10.0. The Balaban J connectivity index is 2.13. The van der Waals surface area contributed by atoms with Crippen LogP contribution < -0.4 is 5.73 Å². The van der Waals surface area contributed by atoms with Crippen LogP contribution in [0.2, 0.25) is 0 Å². The molecule has 2 N–H and O–H groups in total. The fraction of sp³-hybridized carbons (Fsp3) is 0.500. The van der Waals surface area contributed by atoms with E-state index >= 15 is 0 Å². The van der Waals surface area contributed by atoms with Crippen LogP contribution in [0, 0.1) is 12.7 Å². The standard InChI is InChI=1S/C12H16FNO/c1-8-2-3-9(6-11(8)13)12-5-4-10(7-14)15-12/h2-3,6,10,12H,4-5,7,14H2,1H3/t10-,12?/m1/s1. The first kappa shape index (κ1) is 10.6. The Labute approximate surface area is 89.2 Å². The molecular weight excluding hydrogens is 193 g/mol. The largest absolute Gasteiger partial charge is 0.369 e. The highest BCUT2D eigenvalue weighted by molar-refractivity contribution is 5.25. The van der Waals surface area contributed by atoms with Gasteiger partial charge in [0.25, 0.3) is 0 Å². The van der Waals surface area contributed by atoms with Crippen molar-refractivity contribution in [3.05, 3.63) is 35.1 Å². The Morgan fingerprint density at radius 2 is 2.27 bits per heavy atom. The van der Waals surface area contributed by atoms with Gasteiger partial charge in [0, 0.05) is 6.54 Å². The molecule has 2 nitrogen and oxygen atoms in total. The van der Waals surface area contributed by atoms with Crippen LogP contribution in [-0.2, 0) is 4.74 Å².